The Morgan fingerprint density at radius 3 is 3.00 bits per heavy atom. The van der Waals surface area contributed by atoms with E-state index in [-0.39, 0.29) is 5.91 Å². The maximum absolute atomic E-state index is 11.8. The van der Waals surface area contributed by atoms with Crippen molar-refractivity contribution in [3.05, 3.63) is 29.5 Å². The molecule has 0 aliphatic carbocycles. The first-order valence-electron chi connectivity index (χ1n) is 6.90. The van der Waals surface area contributed by atoms with Gasteiger partial charge in [0.05, 0.1) is 17.8 Å². The summed E-state index contributed by atoms with van der Waals surface area (Å²) in [5, 5.41) is 18.0. The molecule has 2 N–H and O–H groups in total. The highest BCUT2D eigenvalue weighted by Gasteiger charge is 2.15. The first kappa shape index (κ1) is 15.9. The number of aliphatic hydroxyl groups is 1. The van der Waals surface area contributed by atoms with Crippen LogP contribution < -0.4 is 5.32 Å². The zero-order chi connectivity index (χ0) is 15.4. The molecule has 114 valence electrons. The van der Waals surface area contributed by atoms with E-state index in [0.717, 1.165) is 27.9 Å². The van der Waals surface area contributed by atoms with Crippen LogP contribution in [0, 0.1) is 6.92 Å². The molecular formula is C15H21N3O2S. The van der Waals surface area contributed by atoms with Gasteiger partial charge in [-0.15, -0.1) is 0 Å². The van der Waals surface area contributed by atoms with Gasteiger partial charge in [-0.2, -0.15) is 16.9 Å². The molecule has 6 heteroatoms. The molecule has 1 aromatic carbocycles. The number of fused-ring (bicyclic) bond motifs is 1. The summed E-state index contributed by atoms with van der Waals surface area (Å²) < 4.78 is 1.81. The van der Waals surface area contributed by atoms with Crippen molar-refractivity contribution in [1.82, 2.24) is 15.1 Å². The Balaban J connectivity index is 2.07. The van der Waals surface area contributed by atoms with Gasteiger partial charge in [-0.05, 0) is 37.5 Å². The van der Waals surface area contributed by atoms with Crippen molar-refractivity contribution in [1.29, 1.82) is 0 Å². The summed E-state index contributed by atoms with van der Waals surface area (Å²) in [6, 6.07) is 6.13. The third-order valence-electron chi connectivity index (χ3n) is 3.41. The normalized spacial score (nSPS) is 12.6. The minimum absolute atomic E-state index is 0.329. The van der Waals surface area contributed by atoms with Gasteiger partial charge in [-0.25, -0.2) is 0 Å². The molecule has 0 spiro atoms. The Labute approximate surface area is 128 Å². The highest BCUT2D eigenvalue weighted by molar-refractivity contribution is 7.98. The summed E-state index contributed by atoms with van der Waals surface area (Å²) in [7, 11) is 1.89. The molecule has 1 amide bonds. The van der Waals surface area contributed by atoms with E-state index in [1.54, 1.807) is 16.4 Å². The van der Waals surface area contributed by atoms with Crippen LogP contribution in [-0.2, 0) is 18.4 Å². The number of aryl methyl sites for hydroxylation is 2. The quantitative estimate of drug-likeness (QED) is 0.851. The van der Waals surface area contributed by atoms with E-state index in [0.29, 0.717) is 13.0 Å². The third kappa shape index (κ3) is 3.77. The average molecular weight is 307 g/mol. The fourth-order valence-electron chi connectivity index (χ4n) is 2.23. The highest BCUT2D eigenvalue weighted by Crippen LogP contribution is 2.19. The summed E-state index contributed by atoms with van der Waals surface area (Å²) in [6.45, 7) is 2.36. The van der Waals surface area contributed by atoms with Crippen molar-refractivity contribution in [3.8, 4) is 0 Å². The number of thioether (sulfide) groups is 1. The predicted octanol–water partition coefficient (Wildman–Crippen LogP) is 1.61. The highest BCUT2D eigenvalue weighted by atomic mass is 32.2. The average Bonchev–Trinajstić information content (AvgIpc) is 2.78. The zero-order valence-electron chi connectivity index (χ0n) is 12.6. The lowest BCUT2D eigenvalue weighted by molar-refractivity contribution is -0.129. The number of carbonyl (C=O) groups excluding carboxylic acids is 1. The lowest BCUT2D eigenvalue weighted by Gasteiger charge is -2.09. The number of amides is 1. The number of rotatable bonds is 6. The van der Waals surface area contributed by atoms with Gasteiger partial charge in [0.25, 0.3) is 0 Å². The molecule has 0 aliphatic heterocycles. The smallest absolute Gasteiger partial charge is 0.249 e. The number of benzene rings is 1. The molecule has 0 unspecified atom stereocenters. The van der Waals surface area contributed by atoms with Gasteiger partial charge in [-0.1, -0.05) is 11.6 Å². The minimum Gasteiger partial charge on any atom is -0.383 e. The van der Waals surface area contributed by atoms with E-state index < -0.39 is 6.10 Å². The summed E-state index contributed by atoms with van der Waals surface area (Å²) in [5.74, 6) is 0.427. The van der Waals surface area contributed by atoms with Crippen LogP contribution in [0.1, 0.15) is 17.7 Å². The summed E-state index contributed by atoms with van der Waals surface area (Å²) >= 11 is 1.61. The molecule has 5 nitrogen and oxygen atoms in total. The Hall–Kier alpha value is -1.53. The Kier molecular flexibility index (Phi) is 5.25. The number of nitrogens with one attached hydrogen (secondary N) is 1. The van der Waals surface area contributed by atoms with E-state index in [4.69, 9.17) is 0 Å². The Bertz CT molecular complexity index is 639. The molecule has 21 heavy (non-hydrogen) atoms. The lowest BCUT2D eigenvalue weighted by atomic mass is 10.1. The second-order valence-electron chi connectivity index (χ2n) is 5.11. The van der Waals surface area contributed by atoms with E-state index in [1.807, 2.05) is 32.4 Å². The maximum Gasteiger partial charge on any atom is 0.249 e. The van der Waals surface area contributed by atoms with E-state index in [1.165, 1.54) is 0 Å². The van der Waals surface area contributed by atoms with Gasteiger partial charge < -0.3 is 10.4 Å². The van der Waals surface area contributed by atoms with Gasteiger partial charge in [0, 0.05) is 12.4 Å². The fourth-order valence-corrected chi connectivity index (χ4v) is 2.69. The molecule has 1 heterocycles. The van der Waals surface area contributed by atoms with Crippen molar-refractivity contribution in [2.75, 3.05) is 12.0 Å². The van der Waals surface area contributed by atoms with Gasteiger partial charge in [-0.3, -0.25) is 9.48 Å². The predicted molar refractivity (Wildman–Crippen MR) is 86.3 cm³/mol. The summed E-state index contributed by atoms with van der Waals surface area (Å²) in [4.78, 5) is 11.8. The SMILES string of the molecule is CSCC[C@@H](O)C(=O)NCc1nn(C)c2ccc(C)cc12. The third-order valence-corrected chi connectivity index (χ3v) is 4.05. The van der Waals surface area contributed by atoms with Gasteiger partial charge in [0.2, 0.25) is 5.91 Å². The molecule has 1 atom stereocenters. The van der Waals surface area contributed by atoms with Crippen molar-refractivity contribution < 1.29 is 9.90 Å². The molecule has 0 saturated carbocycles. The number of nitrogens with zero attached hydrogens (tertiary/aromatic N) is 2. The van der Waals surface area contributed by atoms with E-state index >= 15 is 0 Å². The van der Waals surface area contributed by atoms with Crippen LogP contribution in [0.3, 0.4) is 0 Å². The number of aliphatic hydroxyl groups excluding tert-OH is 1. The molecule has 0 saturated heterocycles. The maximum atomic E-state index is 11.8. The molecular weight excluding hydrogens is 286 g/mol. The second kappa shape index (κ2) is 6.95. The topological polar surface area (TPSA) is 67.2 Å². The van der Waals surface area contributed by atoms with E-state index in [2.05, 4.69) is 16.5 Å². The van der Waals surface area contributed by atoms with Crippen LogP contribution >= 0.6 is 11.8 Å². The molecule has 0 bridgehead atoms. The standard InChI is InChI=1S/C15H21N3O2S/c1-10-4-5-13-11(8-10)12(17-18(13)2)9-16-15(20)14(19)6-7-21-3/h4-5,8,14,19H,6-7,9H2,1-3H3,(H,16,20)/t14-/m1/s1. The van der Waals surface area contributed by atoms with Crippen molar-refractivity contribution in [2.45, 2.75) is 26.0 Å². The lowest BCUT2D eigenvalue weighted by Crippen LogP contribution is -2.34. The number of hydrogen-bond acceptors (Lipinski definition) is 4. The summed E-state index contributed by atoms with van der Waals surface area (Å²) in [5.41, 5.74) is 3.01. The van der Waals surface area contributed by atoms with Crippen LogP contribution in [0.4, 0.5) is 0 Å². The largest absolute Gasteiger partial charge is 0.383 e. The minimum atomic E-state index is -0.950. The van der Waals surface area contributed by atoms with Crippen molar-refractivity contribution in [2.24, 2.45) is 7.05 Å². The Morgan fingerprint density at radius 2 is 2.29 bits per heavy atom. The zero-order valence-corrected chi connectivity index (χ0v) is 13.4. The van der Waals surface area contributed by atoms with Crippen molar-refractivity contribution in [3.63, 3.8) is 0 Å². The van der Waals surface area contributed by atoms with E-state index in [9.17, 15) is 9.90 Å². The first-order valence-corrected chi connectivity index (χ1v) is 8.29. The van der Waals surface area contributed by atoms with Crippen LogP contribution in [0.25, 0.3) is 10.9 Å². The van der Waals surface area contributed by atoms with Gasteiger partial charge >= 0.3 is 0 Å². The number of carbonyl (C=O) groups is 1. The molecule has 2 rings (SSSR count). The number of aromatic nitrogens is 2. The van der Waals surface area contributed by atoms with Crippen molar-refractivity contribution >= 4 is 28.6 Å². The van der Waals surface area contributed by atoms with Gasteiger partial charge in [0.15, 0.2) is 0 Å². The molecule has 0 fully saturated rings. The monoisotopic (exact) mass is 307 g/mol. The fraction of sp³-hybridized carbons (Fsp3) is 0.467. The van der Waals surface area contributed by atoms with Gasteiger partial charge in [0.1, 0.15) is 6.10 Å². The Morgan fingerprint density at radius 1 is 1.52 bits per heavy atom. The van der Waals surface area contributed by atoms with Crippen LogP contribution in [-0.4, -0.2) is 38.9 Å². The second-order valence-corrected chi connectivity index (χ2v) is 6.09. The van der Waals surface area contributed by atoms with Crippen LogP contribution in [0.2, 0.25) is 0 Å². The molecule has 0 aliphatic rings. The summed E-state index contributed by atoms with van der Waals surface area (Å²) in [6.07, 6.45) is 1.47. The number of hydrogen-bond donors (Lipinski definition) is 2. The van der Waals surface area contributed by atoms with Crippen LogP contribution in [0.5, 0.6) is 0 Å². The molecule has 0 radical (unpaired) electrons. The molecule has 2 aromatic rings. The first-order chi connectivity index (χ1) is 10.0. The molecule has 1 aromatic heterocycles. The van der Waals surface area contributed by atoms with Crippen LogP contribution in [0.15, 0.2) is 18.2 Å².